The lowest BCUT2D eigenvalue weighted by Crippen LogP contribution is -2.34. The Kier molecular flexibility index (Phi) is 3.27. The largest absolute Gasteiger partial charge is 0.316 e. The molecule has 0 amide bonds. The zero-order chi connectivity index (χ0) is 15.3. The molecule has 1 N–H and O–H groups in total. The first-order valence-electron chi connectivity index (χ1n) is 6.79. The van der Waals surface area contributed by atoms with Crippen LogP contribution in [0.3, 0.4) is 0 Å². The minimum absolute atomic E-state index is 0.0867. The number of rotatable bonds is 3. The van der Waals surface area contributed by atoms with Gasteiger partial charge in [0.1, 0.15) is 0 Å². The summed E-state index contributed by atoms with van der Waals surface area (Å²) in [7, 11) is -3.83. The molecule has 0 spiro atoms. The first-order valence-corrected chi connectivity index (χ1v) is 8.23. The lowest BCUT2D eigenvalue weighted by molar-refractivity contribution is -0.387. The van der Waals surface area contributed by atoms with Crippen LogP contribution in [-0.4, -0.2) is 43.8 Å². The fourth-order valence-electron chi connectivity index (χ4n) is 3.25. The molecule has 7 nitrogen and oxygen atoms in total. The van der Waals surface area contributed by atoms with Gasteiger partial charge in [-0.15, -0.1) is 0 Å². The van der Waals surface area contributed by atoms with Crippen LogP contribution in [0, 0.1) is 21.4 Å². The van der Waals surface area contributed by atoms with Gasteiger partial charge in [0.2, 0.25) is 10.0 Å². The average Bonchev–Trinajstić information content (AvgIpc) is 2.93. The Bertz CT molecular complexity index is 690. The third kappa shape index (κ3) is 2.23. The topological polar surface area (TPSA) is 92.6 Å². The predicted octanol–water partition coefficient (Wildman–Crippen LogP) is 0.825. The van der Waals surface area contributed by atoms with Gasteiger partial charge in [0.25, 0.3) is 5.69 Å². The van der Waals surface area contributed by atoms with E-state index >= 15 is 0 Å². The van der Waals surface area contributed by atoms with Gasteiger partial charge < -0.3 is 5.32 Å². The Hall–Kier alpha value is -1.51. The first-order chi connectivity index (χ1) is 9.84. The van der Waals surface area contributed by atoms with Crippen LogP contribution < -0.4 is 5.32 Å². The van der Waals surface area contributed by atoms with Crippen LogP contribution in [-0.2, 0) is 10.0 Å². The van der Waals surface area contributed by atoms with Crippen LogP contribution in [0.15, 0.2) is 29.2 Å². The number of nitro groups is 1. The highest BCUT2D eigenvalue weighted by atomic mass is 32.2. The normalized spacial score (nSPS) is 29.5. The highest BCUT2D eigenvalue weighted by Crippen LogP contribution is 2.41. The number of nitrogens with zero attached hydrogens (tertiary/aromatic N) is 2. The van der Waals surface area contributed by atoms with Crippen LogP contribution in [0.25, 0.3) is 0 Å². The van der Waals surface area contributed by atoms with Gasteiger partial charge in [0.15, 0.2) is 4.90 Å². The zero-order valence-electron chi connectivity index (χ0n) is 11.7. The maximum absolute atomic E-state index is 12.7. The third-order valence-corrected chi connectivity index (χ3v) is 6.41. The van der Waals surface area contributed by atoms with E-state index in [4.69, 9.17) is 0 Å². The Morgan fingerprint density at radius 3 is 2.81 bits per heavy atom. The van der Waals surface area contributed by atoms with Gasteiger partial charge in [-0.3, -0.25) is 10.1 Å². The van der Waals surface area contributed by atoms with Crippen LogP contribution in [0.2, 0.25) is 0 Å². The number of fused-ring (bicyclic) bond motifs is 1. The van der Waals surface area contributed by atoms with Crippen LogP contribution in [0.1, 0.15) is 6.92 Å². The molecular formula is C13H17N3O4S. The highest BCUT2D eigenvalue weighted by molar-refractivity contribution is 7.89. The molecule has 1 aromatic rings. The quantitative estimate of drug-likeness (QED) is 0.659. The van der Waals surface area contributed by atoms with E-state index in [0.717, 1.165) is 13.1 Å². The summed E-state index contributed by atoms with van der Waals surface area (Å²) >= 11 is 0. The minimum Gasteiger partial charge on any atom is -0.316 e. The summed E-state index contributed by atoms with van der Waals surface area (Å²) in [6.07, 6.45) is 0. The molecule has 3 rings (SSSR count). The van der Waals surface area contributed by atoms with Gasteiger partial charge in [-0.2, -0.15) is 4.31 Å². The minimum atomic E-state index is -3.83. The van der Waals surface area contributed by atoms with Crippen molar-refractivity contribution >= 4 is 15.7 Å². The molecule has 2 aliphatic rings. The highest BCUT2D eigenvalue weighted by Gasteiger charge is 2.50. The monoisotopic (exact) mass is 311 g/mol. The Morgan fingerprint density at radius 2 is 2.14 bits per heavy atom. The van der Waals surface area contributed by atoms with E-state index in [0.29, 0.717) is 13.1 Å². The second kappa shape index (κ2) is 4.75. The van der Waals surface area contributed by atoms with E-state index in [1.807, 2.05) is 0 Å². The molecule has 0 bridgehead atoms. The summed E-state index contributed by atoms with van der Waals surface area (Å²) in [4.78, 5) is 10.2. The molecule has 8 heteroatoms. The van der Waals surface area contributed by atoms with E-state index in [1.54, 1.807) is 0 Å². The maximum Gasteiger partial charge on any atom is 0.289 e. The SMILES string of the molecule is CC12CNCC1CN(S(=O)(=O)c1ccccc1[N+](=O)[O-])C2. The smallest absolute Gasteiger partial charge is 0.289 e. The van der Waals surface area contributed by atoms with Gasteiger partial charge >= 0.3 is 0 Å². The third-order valence-electron chi connectivity index (χ3n) is 4.55. The van der Waals surface area contributed by atoms with Crippen molar-refractivity contribution < 1.29 is 13.3 Å². The molecule has 0 aromatic heterocycles. The fourth-order valence-corrected chi connectivity index (χ4v) is 5.03. The molecule has 2 atom stereocenters. The van der Waals surface area contributed by atoms with Crippen LogP contribution in [0.5, 0.6) is 0 Å². The number of hydrogen-bond donors (Lipinski definition) is 1. The summed E-state index contributed by atoms with van der Waals surface area (Å²) in [5, 5.41) is 14.3. The van der Waals surface area contributed by atoms with Crippen molar-refractivity contribution in [1.82, 2.24) is 9.62 Å². The number of nitrogens with one attached hydrogen (secondary N) is 1. The first kappa shape index (κ1) is 14.4. The predicted molar refractivity (Wildman–Crippen MR) is 76.3 cm³/mol. The molecule has 114 valence electrons. The molecule has 2 aliphatic heterocycles. The summed E-state index contributed by atoms with van der Waals surface area (Å²) in [6.45, 7) is 4.45. The van der Waals surface area contributed by atoms with E-state index in [2.05, 4.69) is 12.2 Å². The summed E-state index contributed by atoms with van der Waals surface area (Å²) in [6, 6.07) is 5.52. The molecule has 0 saturated carbocycles. The van der Waals surface area contributed by atoms with E-state index < -0.39 is 14.9 Å². The lowest BCUT2D eigenvalue weighted by Gasteiger charge is -2.22. The molecule has 2 saturated heterocycles. The number of benzene rings is 1. The van der Waals surface area contributed by atoms with Crippen molar-refractivity contribution in [2.45, 2.75) is 11.8 Å². The van der Waals surface area contributed by atoms with Crippen molar-refractivity contribution in [1.29, 1.82) is 0 Å². The lowest BCUT2D eigenvalue weighted by atomic mass is 9.83. The Morgan fingerprint density at radius 1 is 1.43 bits per heavy atom. The van der Waals surface area contributed by atoms with Crippen LogP contribution in [0.4, 0.5) is 5.69 Å². The molecule has 1 aromatic carbocycles. The number of sulfonamides is 1. The number of para-hydroxylation sites is 1. The molecule has 0 radical (unpaired) electrons. The molecular weight excluding hydrogens is 294 g/mol. The summed E-state index contributed by atoms with van der Waals surface area (Å²) in [5.41, 5.74) is -0.450. The van der Waals surface area contributed by atoms with Gasteiger partial charge in [0.05, 0.1) is 4.92 Å². The van der Waals surface area contributed by atoms with Crippen molar-refractivity contribution in [2.75, 3.05) is 26.2 Å². The van der Waals surface area contributed by atoms with E-state index in [-0.39, 0.29) is 21.9 Å². The fraction of sp³-hybridized carbons (Fsp3) is 0.538. The van der Waals surface area contributed by atoms with E-state index in [1.165, 1.54) is 28.6 Å². The van der Waals surface area contributed by atoms with Gasteiger partial charge in [-0.1, -0.05) is 19.1 Å². The van der Waals surface area contributed by atoms with Crippen molar-refractivity contribution in [3.05, 3.63) is 34.4 Å². The van der Waals surface area contributed by atoms with Gasteiger partial charge in [-0.25, -0.2) is 8.42 Å². The van der Waals surface area contributed by atoms with Crippen LogP contribution >= 0.6 is 0 Å². The standard InChI is InChI=1S/C13H17N3O4S/c1-13-8-14-6-10(13)7-15(9-13)21(19,20)12-5-3-2-4-11(12)16(17)18/h2-5,10,14H,6-9H2,1H3. The average molecular weight is 311 g/mol. The molecule has 21 heavy (non-hydrogen) atoms. The van der Waals surface area contributed by atoms with Gasteiger partial charge in [0, 0.05) is 25.7 Å². The summed E-state index contributed by atoms with van der Waals surface area (Å²) in [5.74, 6) is 0.259. The Labute approximate surface area is 123 Å². The van der Waals surface area contributed by atoms with Crippen molar-refractivity contribution in [2.24, 2.45) is 11.3 Å². The second-order valence-electron chi connectivity index (χ2n) is 6.00. The molecule has 2 fully saturated rings. The zero-order valence-corrected chi connectivity index (χ0v) is 12.5. The summed E-state index contributed by atoms with van der Waals surface area (Å²) < 4.78 is 26.9. The number of nitro benzene ring substituents is 1. The molecule has 2 heterocycles. The van der Waals surface area contributed by atoms with Crippen molar-refractivity contribution in [3.63, 3.8) is 0 Å². The molecule has 2 unspecified atom stereocenters. The maximum atomic E-state index is 12.7. The second-order valence-corrected chi connectivity index (χ2v) is 7.91. The van der Waals surface area contributed by atoms with Crippen molar-refractivity contribution in [3.8, 4) is 0 Å². The molecule has 0 aliphatic carbocycles. The number of hydrogen-bond acceptors (Lipinski definition) is 5. The Balaban J connectivity index is 1.98. The van der Waals surface area contributed by atoms with Gasteiger partial charge in [-0.05, 0) is 23.9 Å². The van der Waals surface area contributed by atoms with E-state index in [9.17, 15) is 18.5 Å².